The first kappa shape index (κ1) is 25.0. The van der Waals surface area contributed by atoms with Gasteiger partial charge in [-0.3, -0.25) is 19.2 Å². The first-order chi connectivity index (χ1) is 16.7. The fraction of sp³-hybridized carbons (Fsp3) is 0.455. The molecular weight excluding hydrogens is 494 g/mol. The van der Waals surface area contributed by atoms with Crippen molar-refractivity contribution >= 4 is 52.4 Å². The van der Waals surface area contributed by atoms with Crippen LogP contribution in [0.15, 0.2) is 18.3 Å². The molecular formula is C22H26ClN7O4S. The van der Waals surface area contributed by atoms with Crippen LogP contribution in [0.1, 0.15) is 33.7 Å². The second-order valence-corrected chi connectivity index (χ2v) is 10.1. The van der Waals surface area contributed by atoms with Crippen molar-refractivity contribution in [3.63, 3.8) is 0 Å². The van der Waals surface area contributed by atoms with Crippen LogP contribution in [0.25, 0.3) is 0 Å². The zero-order chi connectivity index (χ0) is 25.1. The summed E-state index contributed by atoms with van der Waals surface area (Å²) in [5.74, 6) is -1.81. The number of likely N-dealkylation sites (tertiary alicyclic amines) is 1. The van der Waals surface area contributed by atoms with Crippen LogP contribution in [-0.4, -0.2) is 82.2 Å². The number of hydrogen-bond donors (Lipinski definition) is 3. The number of nitrogens with one attached hydrogen (secondary N) is 3. The van der Waals surface area contributed by atoms with E-state index in [1.165, 1.54) is 30.5 Å². The molecule has 186 valence electrons. The summed E-state index contributed by atoms with van der Waals surface area (Å²) in [6.07, 6.45) is 2.54. The zero-order valence-corrected chi connectivity index (χ0v) is 20.9. The third-order valence-electron chi connectivity index (χ3n) is 5.99. The molecule has 0 bridgehead atoms. The van der Waals surface area contributed by atoms with E-state index >= 15 is 0 Å². The molecule has 1 saturated heterocycles. The minimum atomic E-state index is -0.855. The molecule has 0 spiro atoms. The van der Waals surface area contributed by atoms with E-state index in [0.29, 0.717) is 49.1 Å². The van der Waals surface area contributed by atoms with Gasteiger partial charge >= 0.3 is 11.8 Å². The van der Waals surface area contributed by atoms with E-state index in [0.717, 1.165) is 10.6 Å². The largest absolute Gasteiger partial charge is 0.344 e. The SMILES string of the molecule is CC(=O)N1CCc2nc(C(=O)N[C@@H]3CN(C)CC[C@@H]3NC(=O)C(=O)Nc3ccc(Cl)cn3)sc2C1. The number of aromatic nitrogens is 2. The van der Waals surface area contributed by atoms with Crippen molar-refractivity contribution in [1.29, 1.82) is 0 Å². The van der Waals surface area contributed by atoms with E-state index < -0.39 is 23.9 Å². The Morgan fingerprint density at radius 2 is 1.91 bits per heavy atom. The van der Waals surface area contributed by atoms with Crippen molar-refractivity contribution in [2.24, 2.45) is 0 Å². The van der Waals surface area contributed by atoms with E-state index in [9.17, 15) is 19.2 Å². The Bertz CT molecular complexity index is 1140. The Kier molecular flexibility index (Phi) is 7.63. The monoisotopic (exact) mass is 519 g/mol. The highest BCUT2D eigenvalue weighted by Gasteiger charge is 2.33. The molecule has 3 N–H and O–H groups in total. The maximum Gasteiger partial charge on any atom is 0.314 e. The first-order valence-electron chi connectivity index (χ1n) is 11.2. The number of hydrogen-bond acceptors (Lipinski definition) is 8. The average Bonchev–Trinajstić information content (AvgIpc) is 3.26. The number of nitrogens with zero attached hydrogens (tertiary/aromatic N) is 4. The summed E-state index contributed by atoms with van der Waals surface area (Å²) < 4.78 is 0. The molecule has 2 aliphatic heterocycles. The topological polar surface area (TPSA) is 137 Å². The molecule has 0 aliphatic carbocycles. The lowest BCUT2D eigenvalue weighted by atomic mass is 9.99. The summed E-state index contributed by atoms with van der Waals surface area (Å²) in [6.45, 7) is 3.77. The van der Waals surface area contributed by atoms with Crippen LogP contribution in [0.3, 0.4) is 0 Å². The highest BCUT2D eigenvalue weighted by molar-refractivity contribution is 7.13. The number of halogens is 1. The van der Waals surface area contributed by atoms with Gasteiger partial charge in [-0.25, -0.2) is 9.97 Å². The van der Waals surface area contributed by atoms with Crippen LogP contribution in [0, 0.1) is 0 Å². The fourth-order valence-corrected chi connectivity index (χ4v) is 5.22. The summed E-state index contributed by atoms with van der Waals surface area (Å²) in [6, 6.07) is 2.20. The van der Waals surface area contributed by atoms with E-state index in [1.807, 2.05) is 11.9 Å². The molecule has 0 saturated carbocycles. The van der Waals surface area contributed by atoms with Gasteiger partial charge in [0.05, 0.1) is 29.3 Å². The summed E-state index contributed by atoms with van der Waals surface area (Å²) in [5, 5.41) is 8.88. The minimum Gasteiger partial charge on any atom is -0.344 e. The molecule has 35 heavy (non-hydrogen) atoms. The highest BCUT2D eigenvalue weighted by Crippen LogP contribution is 2.25. The van der Waals surface area contributed by atoms with Crippen molar-refractivity contribution in [2.45, 2.75) is 38.4 Å². The average molecular weight is 520 g/mol. The molecule has 2 aliphatic rings. The number of anilines is 1. The number of pyridine rings is 1. The van der Waals surface area contributed by atoms with Gasteiger partial charge in [-0.15, -0.1) is 11.3 Å². The molecule has 0 radical (unpaired) electrons. The van der Waals surface area contributed by atoms with Crippen LogP contribution >= 0.6 is 22.9 Å². The molecule has 2 aromatic heterocycles. The van der Waals surface area contributed by atoms with Crippen LogP contribution in [-0.2, 0) is 27.3 Å². The predicted octanol–water partition coefficient (Wildman–Crippen LogP) is 0.654. The van der Waals surface area contributed by atoms with Gasteiger partial charge in [-0.05, 0) is 32.1 Å². The standard InChI is InChI=1S/C22H26ClN7O4S/c1-12(31)30-8-6-15-17(11-30)35-22(27-15)21(34)26-16-10-29(2)7-5-14(16)25-19(32)20(33)28-18-4-3-13(23)9-24-18/h3-4,9,14,16H,5-8,10-11H2,1-2H3,(H,25,32)(H,26,34)(H,24,28,33)/t14-,16+/m0/s1. The van der Waals surface area contributed by atoms with Gasteiger partial charge in [0.15, 0.2) is 5.01 Å². The summed E-state index contributed by atoms with van der Waals surface area (Å²) in [4.78, 5) is 62.7. The maximum absolute atomic E-state index is 13.0. The van der Waals surface area contributed by atoms with Crippen LogP contribution in [0.2, 0.25) is 5.02 Å². The summed E-state index contributed by atoms with van der Waals surface area (Å²) >= 11 is 7.07. The van der Waals surface area contributed by atoms with Crippen molar-refractivity contribution < 1.29 is 19.2 Å². The third kappa shape index (κ3) is 6.13. The van der Waals surface area contributed by atoms with Crippen molar-refractivity contribution in [3.8, 4) is 0 Å². The Morgan fingerprint density at radius 3 is 2.63 bits per heavy atom. The second kappa shape index (κ2) is 10.7. The summed E-state index contributed by atoms with van der Waals surface area (Å²) in [5.41, 5.74) is 0.843. The van der Waals surface area contributed by atoms with E-state index in [1.54, 1.807) is 11.0 Å². The van der Waals surface area contributed by atoms with Gasteiger partial charge in [0.25, 0.3) is 5.91 Å². The molecule has 4 rings (SSSR count). The van der Waals surface area contributed by atoms with Crippen molar-refractivity contribution in [1.82, 2.24) is 30.4 Å². The second-order valence-electron chi connectivity index (χ2n) is 8.61. The van der Waals surface area contributed by atoms with Gasteiger partial charge < -0.3 is 25.8 Å². The Morgan fingerprint density at radius 1 is 1.11 bits per heavy atom. The van der Waals surface area contributed by atoms with Gasteiger partial charge in [0, 0.05) is 37.5 Å². The van der Waals surface area contributed by atoms with Crippen LogP contribution in [0.5, 0.6) is 0 Å². The molecule has 2 atom stereocenters. The lowest BCUT2D eigenvalue weighted by Gasteiger charge is -2.37. The Balaban J connectivity index is 1.39. The summed E-state index contributed by atoms with van der Waals surface area (Å²) in [7, 11) is 1.93. The van der Waals surface area contributed by atoms with Crippen LogP contribution in [0.4, 0.5) is 5.82 Å². The Labute approximate surface area is 211 Å². The molecule has 4 heterocycles. The fourth-order valence-electron chi connectivity index (χ4n) is 4.08. The molecule has 4 amide bonds. The molecule has 2 aromatic rings. The zero-order valence-electron chi connectivity index (χ0n) is 19.3. The van der Waals surface area contributed by atoms with Gasteiger partial charge in [-0.1, -0.05) is 11.6 Å². The minimum absolute atomic E-state index is 0.00485. The quantitative estimate of drug-likeness (QED) is 0.504. The van der Waals surface area contributed by atoms with Gasteiger partial charge in [0.1, 0.15) is 5.82 Å². The lowest BCUT2D eigenvalue weighted by Crippen LogP contribution is -2.60. The lowest BCUT2D eigenvalue weighted by molar-refractivity contribution is -0.136. The van der Waals surface area contributed by atoms with Gasteiger partial charge in [-0.2, -0.15) is 0 Å². The molecule has 13 heteroatoms. The number of fused-ring (bicyclic) bond motifs is 1. The number of carbonyl (C=O) groups excluding carboxylic acids is 4. The highest BCUT2D eigenvalue weighted by atomic mass is 35.5. The number of piperidine rings is 1. The van der Waals surface area contributed by atoms with Crippen molar-refractivity contribution in [2.75, 3.05) is 32.0 Å². The van der Waals surface area contributed by atoms with Crippen LogP contribution < -0.4 is 16.0 Å². The molecule has 1 fully saturated rings. The van der Waals surface area contributed by atoms with Crippen molar-refractivity contribution in [3.05, 3.63) is 38.9 Å². The third-order valence-corrected chi connectivity index (χ3v) is 7.30. The Hall–Kier alpha value is -3.09. The number of carbonyl (C=O) groups is 4. The van der Waals surface area contributed by atoms with E-state index in [-0.39, 0.29) is 17.6 Å². The normalized spacial score (nSPS) is 20.0. The maximum atomic E-state index is 13.0. The van der Waals surface area contributed by atoms with Gasteiger partial charge in [0.2, 0.25) is 5.91 Å². The number of rotatable bonds is 4. The molecule has 0 unspecified atom stereocenters. The number of amides is 4. The molecule has 0 aromatic carbocycles. The van der Waals surface area contributed by atoms with E-state index in [4.69, 9.17) is 11.6 Å². The molecule has 11 nitrogen and oxygen atoms in total. The smallest absolute Gasteiger partial charge is 0.314 e. The number of thiazole rings is 1. The number of likely N-dealkylation sites (N-methyl/N-ethyl adjacent to an activating group) is 1. The first-order valence-corrected chi connectivity index (χ1v) is 12.4. The van der Waals surface area contributed by atoms with E-state index in [2.05, 4.69) is 25.9 Å². The predicted molar refractivity (Wildman–Crippen MR) is 130 cm³/mol.